The Morgan fingerprint density at radius 3 is 2.75 bits per heavy atom. The largest absolute Gasteiger partial charge is 0.466 e. The minimum Gasteiger partial charge on any atom is -0.466 e. The molecule has 44 valence electrons. The van der Waals surface area contributed by atoms with Gasteiger partial charge in [-0.25, -0.2) is 0 Å². The van der Waals surface area contributed by atoms with Crippen molar-refractivity contribution in [3.63, 3.8) is 0 Å². The molecule has 0 aliphatic carbocycles. The van der Waals surface area contributed by atoms with E-state index in [4.69, 9.17) is 7.85 Å². The highest BCUT2D eigenvalue weighted by molar-refractivity contribution is 6.09. The fraction of sp³-hybridized carbons (Fsp3) is 0.800. The van der Waals surface area contributed by atoms with E-state index in [1.807, 2.05) is 0 Å². The van der Waals surface area contributed by atoms with Gasteiger partial charge in [0.25, 0.3) is 0 Å². The maximum atomic E-state index is 10.3. The SMILES string of the molecule is [B]CCC(=O)OCC. The van der Waals surface area contributed by atoms with E-state index in [0.29, 0.717) is 19.3 Å². The average molecular weight is 112 g/mol. The minimum absolute atomic E-state index is 0.213. The summed E-state index contributed by atoms with van der Waals surface area (Å²) < 4.78 is 4.56. The molecule has 2 nitrogen and oxygen atoms in total. The van der Waals surface area contributed by atoms with Crippen LogP contribution in [-0.2, 0) is 9.53 Å². The second-order valence-corrected chi connectivity index (χ2v) is 1.34. The van der Waals surface area contributed by atoms with E-state index in [0.717, 1.165) is 0 Å². The summed E-state index contributed by atoms with van der Waals surface area (Å²) in [6.45, 7) is 2.22. The van der Waals surface area contributed by atoms with Crippen LogP contribution in [0.2, 0.25) is 6.32 Å². The average Bonchev–Trinajstić information content (AvgIpc) is 1.68. The molecule has 2 radical (unpaired) electrons. The predicted molar refractivity (Wildman–Crippen MR) is 31.8 cm³/mol. The summed E-state index contributed by atoms with van der Waals surface area (Å²) >= 11 is 0. The highest BCUT2D eigenvalue weighted by Crippen LogP contribution is 1.87. The lowest BCUT2D eigenvalue weighted by Gasteiger charge is -1.96. The molecule has 0 N–H and O–H groups in total. The van der Waals surface area contributed by atoms with Gasteiger partial charge >= 0.3 is 5.97 Å². The highest BCUT2D eigenvalue weighted by Gasteiger charge is 1.95. The van der Waals surface area contributed by atoms with Crippen LogP contribution >= 0.6 is 0 Å². The van der Waals surface area contributed by atoms with Crippen molar-refractivity contribution in [1.29, 1.82) is 0 Å². The van der Waals surface area contributed by atoms with E-state index in [9.17, 15) is 4.79 Å². The standard InChI is InChI=1S/C5H9BO2/c1-2-8-5(7)3-4-6/h2-4H2,1H3. The summed E-state index contributed by atoms with van der Waals surface area (Å²) in [6, 6.07) is 0. The van der Waals surface area contributed by atoms with E-state index in [-0.39, 0.29) is 5.97 Å². The first kappa shape index (κ1) is 7.53. The molecule has 0 aromatic carbocycles. The molecule has 0 heterocycles. The zero-order chi connectivity index (χ0) is 6.41. The maximum Gasteiger partial charge on any atom is 0.305 e. The van der Waals surface area contributed by atoms with Crippen molar-refractivity contribution >= 4 is 13.8 Å². The summed E-state index contributed by atoms with van der Waals surface area (Å²) in [7, 11) is 5.06. The van der Waals surface area contributed by atoms with Gasteiger partial charge in [0, 0.05) is 6.42 Å². The lowest BCUT2D eigenvalue weighted by Crippen LogP contribution is -2.02. The lowest BCUT2D eigenvalue weighted by atomic mass is 10.0. The van der Waals surface area contributed by atoms with Crippen LogP contribution in [0, 0.1) is 0 Å². The molecule has 0 rings (SSSR count). The quantitative estimate of drug-likeness (QED) is 0.393. The number of carbonyl (C=O) groups excluding carboxylic acids is 1. The lowest BCUT2D eigenvalue weighted by molar-refractivity contribution is -0.142. The molecule has 0 saturated heterocycles. The smallest absolute Gasteiger partial charge is 0.305 e. The molecule has 0 aliphatic rings. The van der Waals surface area contributed by atoms with Crippen molar-refractivity contribution in [3.05, 3.63) is 0 Å². The second kappa shape index (κ2) is 4.69. The molecule has 0 aromatic heterocycles. The van der Waals surface area contributed by atoms with Crippen molar-refractivity contribution in [3.8, 4) is 0 Å². The summed E-state index contributed by atoms with van der Waals surface area (Å²) in [5.74, 6) is -0.213. The van der Waals surface area contributed by atoms with Gasteiger partial charge in [-0.2, -0.15) is 0 Å². The van der Waals surface area contributed by atoms with Gasteiger partial charge in [0.1, 0.15) is 0 Å². The molecule has 0 unspecified atom stereocenters. The van der Waals surface area contributed by atoms with Gasteiger partial charge in [0.2, 0.25) is 0 Å². The van der Waals surface area contributed by atoms with Gasteiger partial charge in [-0.3, -0.25) is 4.79 Å². The van der Waals surface area contributed by atoms with Crippen LogP contribution in [0.4, 0.5) is 0 Å². The van der Waals surface area contributed by atoms with Crippen LogP contribution in [0.25, 0.3) is 0 Å². The number of hydrogen-bond donors (Lipinski definition) is 0. The number of ether oxygens (including phenoxy) is 1. The van der Waals surface area contributed by atoms with Crippen LogP contribution in [0.3, 0.4) is 0 Å². The Kier molecular flexibility index (Phi) is 4.42. The molecule has 0 aliphatic heterocycles. The molecule has 3 heteroatoms. The fourth-order valence-corrected chi connectivity index (χ4v) is 0.351. The van der Waals surface area contributed by atoms with Crippen molar-refractivity contribution < 1.29 is 9.53 Å². The van der Waals surface area contributed by atoms with Crippen LogP contribution in [-0.4, -0.2) is 20.4 Å². The molecule has 0 amide bonds. The van der Waals surface area contributed by atoms with Crippen LogP contribution < -0.4 is 0 Å². The van der Waals surface area contributed by atoms with Gasteiger partial charge in [-0.1, -0.05) is 6.32 Å². The van der Waals surface area contributed by atoms with E-state index in [2.05, 4.69) is 4.74 Å². The first-order valence-electron chi connectivity index (χ1n) is 2.67. The molecule has 0 spiro atoms. The number of hydrogen-bond acceptors (Lipinski definition) is 2. The predicted octanol–water partition coefficient (Wildman–Crippen LogP) is 0.526. The van der Waals surface area contributed by atoms with Crippen LogP contribution in [0.5, 0.6) is 0 Å². The van der Waals surface area contributed by atoms with Crippen LogP contribution in [0.15, 0.2) is 0 Å². The number of carbonyl (C=O) groups is 1. The molecule has 8 heavy (non-hydrogen) atoms. The first-order valence-corrected chi connectivity index (χ1v) is 2.67. The van der Waals surface area contributed by atoms with Gasteiger partial charge in [-0.05, 0) is 6.92 Å². The zero-order valence-corrected chi connectivity index (χ0v) is 5.02. The van der Waals surface area contributed by atoms with Gasteiger partial charge < -0.3 is 4.74 Å². The summed E-state index contributed by atoms with van der Waals surface area (Å²) in [5, 5.41) is 0. The van der Waals surface area contributed by atoms with Gasteiger partial charge in [0.05, 0.1) is 14.5 Å². The van der Waals surface area contributed by atoms with E-state index >= 15 is 0 Å². The van der Waals surface area contributed by atoms with E-state index < -0.39 is 0 Å². The third-order valence-electron chi connectivity index (χ3n) is 0.654. The molecule has 0 bridgehead atoms. The monoisotopic (exact) mass is 112 g/mol. The number of esters is 1. The first-order chi connectivity index (χ1) is 3.81. The third-order valence-corrected chi connectivity index (χ3v) is 0.654. The fourth-order valence-electron chi connectivity index (χ4n) is 0.351. The number of rotatable bonds is 3. The Hall–Kier alpha value is -0.465. The summed E-state index contributed by atoms with van der Waals surface area (Å²) in [5.41, 5.74) is 0. The Morgan fingerprint density at radius 2 is 2.38 bits per heavy atom. The normalized spacial score (nSPS) is 8.62. The topological polar surface area (TPSA) is 26.3 Å². The molecule has 0 aromatic rings. The molecule has 0 fully saturated rings. The second-order valence-electron chi connectivity index (χ2n) is 1.34. The highest BCUT2D eigenvalue weighted by atomic mass is 16.5. The van der Waals surface area contributed by atoms with Crippen molar-refractivity contribution in [2.75, 3.05) is 6.61 Å². The minimum atomic E-state index is -0.213. The molecule has 0 saturated carbocycles. The third kappa shape index (κ3) is 3.72. The van der Waals surface area contributed by atoms with Crippen molar-refractivity contribution in [2.24, 2.45) is 0 Å². The van der Waals surface area contributed by atoms with Crippen molar-refractivity contribution in [2.45, 2.75) is 19.7 Å². The Balaban J connectivity index is 3.06. The molecular formula is C5H9BO2. The molecule has 0 atom stereocenters. The zero-order valence-electron chi connectivity index (χ0n) is 5.02. The summed E-state index contributed by atoms with van der Waals surface area (Å²) in [4.78, 5) is 10.3. The van der Waals surface area contributed by atoms with Crippen LogP contribution in [0.1, 0.15) is 13.3 Å². The van der Waals surface area contributed by atoms with E-state index in [1.165, 1.54) is 0 Å². The molecular weight excluding hydrogens is 103 g/mol. The Labute approximate surface area is 50.6 Å². The van der Waals surface area contributed by atoms with Crippen molar-refractivity contribution in [1.82, 2.24) is 0 Å². The Morgan fingerprint density at radius 1 is 1.75 bits per heavy atom. The van der Waals surface area contributed by atoms with Gasteiger partial charge in [-0.15, -0.1) is 0 Å². The van der Waals surface area contributed by atoms with Gasteiger partial charge in [0.15, 0.2) is 0 Å². The maximum absolute atomic E-state index is 10.3. The summed E-state index contributed by atoms with van der Waals surface area (Å²) in [6.07, 6.45) is 0.701. The van der Waals surface area contributed by atoms with E-state index in [1.54, 1.807) is 6.92 Å². The Bertz CT molecular complexity index is 64.8.